The SMILES string of the molecule is CC(C)Cc1cc2nccnc2[nH]1. The normalized spacial score (nSPS) is 11.3. The van der Waals surface area contributed by atoms with Crippen molar-refractivity contribution >= 4 is 11.2 Å². The summed E-state index contributed by atoms with van der Waals surface area (Å²) in [4.78, 5) is 11.7. The molecule has 13 heavy (non-hydrogen) atoms. The standard InChI is InChI=1S/C10H13N3/c1-7(2)5-8-6-9-10(13-8)12-4-3-11-9/h3-4,6-7H,5H2,1-2H3,(H,12,13). The zero-order chi connectivity index (χ0) is 9.26. The van der Waals surface area contributed by atoms with Crippen molar-refractivity contribution in [2.45, 2.75) is 20.3 Å². The van der Waals surface area contributed by atoms with Crippen molar-refractivity contribution < 1.29 is 0 Å². The van der Waals surface area contributed by atoms with Crippen molar-refractivity contribution in [3.05, 3.63) is 24.2 Å². The Kier molecular flexibility index (Phi) is 2.00. The van der Waals surface area contributed by atoms with Crippen LogP contribution in [0, 0.1) is 5.92 Å². The highest BCUT2D eigenvalue weighted by molar-refractivity contribution is 5.70. The summed E-state index contributed by atoms with van der Waals surface area (Å²) in [6.07, 6.45) is 4.48. The number of aromatic nitrogens is 3. The third-order valence-electron chi connectivity index (χ3n) is 1.94. The van der Waals surface area contributed by atoms with Gasteiger partial charge in [0, 0.05) is 18.1 Å². The second-order valence-electron chi connectivity index (χ2n) is 3.68. The van der Waals surface area contributed by atoms with Crippen LogP contribution in [-0.2, 0) is 6.42 Å². The monoisotopic (exact) mass is 175 g/mol. The van der Waals surface area contributed by atoms with Gasteiger partial charge in [-0.2, -0.15) is 0 Å². The molecule has 2 rings (SSSR count). The number of nitrogens with one attached hydrogen (secondary N) is 1. The number of H-pyrrole nitrogens is 1. The Balaban J connectivity index is 2.38. The van der Waals surface area contributed by atoms with E-state index in [2.05, 4.69) is 34.9 Å². The molecular weight excluding hydrogens is 162 g/mol. The van der Waals surface area contributed by atoms with Crippen LogP contribution in [0.4, 0.5) is 0 Å². The Morgan fingerprint density at radius 2 is 2.08 bits per heavy atom. The Bertz CT molecular complexity index is 370. The van der Waals surface area contributed by atoms with Crippen molar-refractivity contribution in [3.8, 4) is 0 Å². The van der Waals surface area contributed by atoms with Crippen molar-refractivity contribution in [1.82, 2.24) is 15.0 Å². The summed E-state index contributed by atoms with van der Waals surface area (Å²) < 4.78 is 0. The van der Waals surface area contributed by atoms with Crippen molar-refractivity contribution in [2.24, 2.45) is 5.92 Å². The molecule has 0 amide bonds. The lowest BCUT2D eigenvalue weighted by Crippen LogP contribution is -1.93. The first-order valence-corrected chi connectivity index (χ1v) is 4.54. The molecule has 0 bridgehead atoms. The van der Waals surface area contributed by atoms with Crippen LogP contribution in [0.3, 0.4) is 0 Å². The molecule has 2 aromatic heterocycles. The fraction of sp³-hybridized carbons (Fsp3) is 0.400. The number of fused-ring (bicyclic) bond motifs is 1. The summed E-state index contributed by atoms with van der Waals surface area (Å²) in [7, 11) is 0. The minimum Gasteiger partial charge on any atom is -0.342 e. The summed E-state index contributed by atoms with van der Waals surface area (Å²) in [5, 5.41) is 0. The van der Waals surface area contributed by atoms with Crippen molar-refractivity contribution in [1.29, 1.82) is 0 Å². The fourth-order valence-corrected chi connectivity index (χ4v) is 1.45. The van der Waals surface area contributed by atoms with Gasteiger partial charge in [0.2, 0.25) is 0 Å². The minimum absolute atomic E-state index is 0.660. The van der Waals surface area contributed by atoms with Crippen LogP contribution in [0.25, 0.3) is 11.2 Å². The summed E-state index contributed by atoms with van der Waals surface area (Å²) in [5.74, 6) is 0.660. The number of hydrogen-bond acceptors (Lipinski definition) is 2. The van der Waals surface area contributed by atoms with Gasteiger partial charge in [-0.25, -0.2) is 4.98 Å². The zero-order valence-corrected chi connectivity index (χ0v) is 7.91. The average molecular weight is 175 g/mol. The number of rotatable bonds is 2. The molecule has 0 aliphatic carbocycles. The van der Waals surface area contributed by atoms with E-state index in [-0.39, 0.29) is 0 Å². The van der Waals surface area contributed by atoms with Crippen LogP contribution in [0.5, 0.6) is 0 Å². The van der Waals surface area contributed by atoms with Gasteiger partial charge in [-0.05, 0) is 18.4 Å². The number of aromatic amines is 1. The number of nitrogens with zero attached hydrogens (tertiary/aromatic N) is 2. The van der Waals surface area contributed by atoms with E-state index in [1.807, 2.05) is 0 Å². The molecule has 3 heteroatoms. The Labute approximate surface area is 77.2 Å². The van der Waals surface area contributed by atoms with Gasteiger partial charge >= 0.3 is 0 Å². The van der Waals surface area contributed by atoms with Crippen LogP contribution in [0.15, 0.2) is 18.5 Å². The lowest BCUT2D eigenvalue weighted by atomic mass is 10.1. The lowest BCUT2D eigenvalue weighted by Gasteiger charge is -1.99. The van der Waals surface area contributed by atoms with Gasteiger partial charge < -0.3 is 4.98 Å². The first-order valence-electron chi connectivity index (χ1n) is 4.54. The van der Waals surface area contributed by atoms with E-state index in [1.54, 1.807) is 12.4 Å². The lowest BCUT2D eigenvalue weighted by molar-refractivity contribution is 0.638. The smallest absolute Gasteiger partial charge is 0.156 e. The third kappa shape index (κ3) is 1.69. The van der Waals surface area contributed by atoms with E-state index in [1.165, 1.54) is 5.69 Å². The van der Waals surface area contributed by atoms with Gasteiger partial charge in [0.05, 0.1) is 0 Å². The minimum atomic E-state index is 0.660. The van der Waals surface area contributed by atoms with Crippen LogP contribution >= 0.6 is 0 Å². The first-order chi connectivity index (χ1) is 6.25. The number of hydrogen-bond donors (Lipinski definition) is 1. The summed E-state index contributed by atoms with van der Waals surface area (Å²) >= 11 is 0. The second kappa shape index (κ2) is 3.17. The van der Waals surface area contributed by atoms with Gasteiger partial charge in [0.25, 0.3) is 0 Å². The molecule has 2 aromatic rings. The molecule has 0 unspecified atom stereocenters. The van der Waals surface area contributed by atoms with E-state index < -0.39 is 0 Å². The van der Waals surface area contributed by atoms with Gasteiger partial charge in [0.15, 0.2) is 5.65 Å². The molecule has 1 N–H and O–H groups in total. The largest absolute Gasteiger partial charge is 0.342 e. The predicted molar refractivity (Wildman–Crippen MR) is 52.4 cm³/mol. The Morgan fingerprint density at radius 3 is 2.77 bits per heavy atom. The molecule has 0 atom stereocenters. The summed E-state index contributed by atoms with van der Waals surface area (Å²) in [5.41, 5.74) is 3.06. The topological polar surface area (TPSA) is 41.6 Å². The molecule has 0 aromatic carbocycles. The first kappa shape index (κ1) is 8.23. The van der Waals surface area contributed by atoms with Crippen LogP contribution in [-0.4, -0.2) is 15.0 Å². The average Bonchev–Trinajstić information content (AvgIpc) is 2.44. The molecule has 0 saturated carbocycles. The Morgan fingerprint density at radius 1 is 1.31 bits per heavy atom. The molecule has 0 spiro atoms. The van der Waals surface area contributed by atoms with E-state index in [0.717, 1.165) is 17.6 Å². The van der Waals surface area contributed by atoms with E-state index in [0.29, 0.717) is 5.92 Å². The molecule has 0 aliphatic rings. The van der Waals surface area contributed by atoms with Crippen LogP contribution in [0.2, 0.25) is 0 Å². The molecule has 0 radical (unpaired) electrons. The van der Waals surface area contributed by atoms with Gasteiger partial charge in [-0.3, -0.25) is 4.98 Å². The highest BCUT2D eigenvalue weighted by Gasteiger charge is 2.03. The Hall–Kier alpha value is -1.38. The highest BCUT2D eigenvalue weighted by Crippen LogP contribution is 2.12. The molecular formula is C10H13N3. The zero-order valence-electron chi connectivity index (χ0n) is 7.91. The molecule has 0 fully saturated rings. The van der Waals surface area contributed by atoms with Gasteiger partial charge in [-0.1, -0.05) is 13.8 Å². The fourth-order valence-electron chi connectivity index (χ4n) is 1.45. The molecule has 3 nitrogen and oxygen atoms in total. The van der Waals surface area contributed by atoms with Crippen molar-refractivity contribution in [3.63, 3.8) is 0 Å². The van der Waals surface area contributed by atoms with E-state index in [9.17, 15) is 0 Å². The van der Waals surface area contributed by atoms with Crippen LogP contribution < -0.4 is 0 Å². The molecule has 68 valence electrons. The third-order valence-corrected chi connectivity index (χ3v) is 1.94. The molecule has 0 aliphatic heterocycles. The second-order valence-corrected chi connectivity index (χ2v) is 3.68. The van der Waals surface area contributed by atoms with Crippen molar-refractivity contribution in [2.75, 3.05) is 0 Å². The molecule has 0 saturated heterocycles. The summed E-state index contributed by atoms with van der Waals surface area (Å²) in [6, 6.07) is 2.07. The maximum absolute atomic E-state index is 4.22. The predicted octanol–water partition coefficient (Wildman–Crippen LogP) is 2.16. The maximum Gasteiger partial charge on any atom is 0.156 e. The quantitative estimate of drug-likeness (QED) is 0.759. The van der Waals surface area contributed by atoms with Gasteiger partial charge in [-0.15, -0.1) is 0 Å². The highest BCUT2D eigenvalue weighted by atomic mass is 14.9. The van der Waals surface area contributed by atoms with E-state index in [4.69, 9.17) is 0 Å². The van der Waals surface area contributed by atoms with Crippen LogP contribution in [0.1, 0.15) is 19.5 Å². The maximum atomic E-state index is 4.22. The summed E-state index contributed by atoms with van der Waals surface area (Å²) in [6.45, 7) is 4.40. The van der Waals surface area contributed by atoms with E-state index >= 15 is 0 Å². The van der Waals surface area contributed by atoms with Gasteiger partial charge in [0.1, 0.15) is 5.52 Å². The molecule has 2 heterocycles.